The van der Waals surface area contributed by atoms with Gasteiger partial charge in [0, 0.05) is 46.2 Å². The molecule has 300 valence electrons. The Morgan fingerprint density at radius 1 is 0.607 bits per heavy atom. The Morgan fingerprint density at radius 3 is 1.25 bits per heavy atom. The summed E-state index contributed by atoms with van der Waals surface area (Å²) in [7, 11) is 0. The van der Waals surface area contributed by atoms with E-state index >= 15 is 0 Å². The first-order valence-corrected chi connectivity index (χ1v) is 19.7. The smallest absolute Gasteiger partial charge is 0.245 e. The minimum absolute atomic E-state index is 0. The average Bonchev–Trinajstić information content (AvgIpc) is 3.31. The lowest BCUT2D eigenvalue weighted by Gasteiger charge is -2.50. The van der Waals surface area contributed by atoms with Crippen LogP contribution in [0.3, 0.4) is 0 Å². The maximum absolute atomic E-state index is 13.2. The van der Waals surface area contributed by atoms with E-state index in [1.165, 1.54) is 6.08 Å². The molecule has 2 aliphatic carbocycles. The molecule has 0 atom stereocenters. The Morgan fingerprint density at radius 2 is 0.934 bits per heavy atom. The van der Waals surface area contributed by atoms with Gasteiger partial charge in [0.15, 0.2) is 22.9 Å². The minimum atomic E-state index is -0.415. The molecule has 0 bridgehead atoms. The number of likely N-dealkylation sites (tertiary alicyclic amines) is 1. The number of ketones is 2. The van der Waals surface area contributed by atoms with Crippen LogP contribution in [0.1, 0.15) is 59.1 Å². The SMILES string of the molecule is Cl.[C-]#[N+]c1ccc(/C=C2/C(=O)/C(=C/c3ccc(C#N)cc3)C23CCN(C(=O)C=C)CC3)cc1.[C-]#[N+]c1ccc(/C=C2/C(=O)/C(=C/c3ccc(C#N)cc3)C23CCNCC3)cc1. The topological polar surface area (TPSA) is 123 Å². The van der Waals surface area contributed by atoms with E-state index in [4.69, 9.17) is 23.7 Å². The van der Waals surface area contributed by atoms with Gasteiger partial charge in [0.05, 0.1) is 36.4 Å². The number of rotatable bonds is 5. The number of carbonyl (C=O) groups is 3. The first-order chi connectivity index (χ1) is 29.2. The van der Waals surface area contributed by atoms with Crippen molar-refractivity contribution in [3.8, 4) is 12.1 Å². The maximum atomic E-state index is 13.2. The molecule has 4 aromatic carbocycles. The lowest BCUT2D eigenvalue weighted by molar-refractivity contribution is -0.128. The Labute approximate surface area is 362 Å². The molecule has 61 heavy (non-hydrogen) atoms. The first kappa shape index (κ1) is 43.2. The van der Waals surface area contributed by atoms with Crippen molar-refractivity contribution in [3.63, 3.8) is 0 Å². The number of piperidine rings is 2. The van der Waals surface area contributed by atoms with Crippen molar-refractivity contribution in [2.24, 2.45) is 10.8 Å². The zero-order valence-corrected chi connectivity index (χ0v) is 34.2. The lowest BCUT2D eigenvalue weighted by atomic mass is 9.54. The van der Waals surface area contributed by atoms with E-state index in [0.29, 0.717) is 48.4 Å². The number of nitrogens with one attached hydrogen (secondary N) is 1. The first-order valence-electron chi connectivity index (χ1n) is 19.7. The van der Waals surface area contributed by atoms with Gasteiger partial charge in [-0.3, -0.25) is 14.4 Å². The summed E-state index contributed by atoms with van der Waals surface area (Å²) in [5, 5.41) is 21.4. The van der Waals surface area contributed by atoms with E-state index < -0.39 is 5.41 Å². The molecule has 9 nitrogen and oxygen atoms in total. The standard InChI is InChI=1S/C27H21N3O2.C24H19N3O.ClH/c1-3-25(31)30-14-12-27(13-15-30)23(16-19-4-6-21(18-28)7-5-19)26(32)24(27)17-20-8-10-22(29-2)11-9-20;1-26-20-8-6-18(7-9-20)15-22-23(28)21(24(22)10-12-27-13-11-24)14-17-2-4-19(16-25)5-3-17;/h3-11,16-17H,1,12-15H2;2-9,14-15,27H,10-13H2;1H/b23-16-,24-17-;21-14-,22-15-;. The number of benzene rings is 4. The number of nitrogens with zero attached hydrogens (tertiary/aromatic N) is 5. The summed E-state index contributed by atoms with van der Waals surface area (Å²) in [6.45, 7) is 20.6. The van der Waals surface area contributed by atoms with Gasteiger partial charge in [-0.05, 0) is 116 Å². The molecule has 8 rings (SSSR count). The van der Waals surface area contributed by atoms with Crippen LogP contribution < -0.4 is 5.32 Å². The second-order valence-corrected chi connectivity index (χ2v) is 15.2. The van der Waals surface area contributed by atoms with E-state index in [1.54, 1.807) is 53.4 Å². The highest BCUT2D eigenvalue weighted by molar-refractivity contribution is 6.24. The van der Waals surface area contributed by atoms with Crippen LogP contribution in [0.4, 0.5) is 11.4 Å². The van der Waals surface area contributed by atoms with Gasteiger partial charge in [-0.25, -0.2) is 9.69 Å². The van der Waals surface area contributed by atoms with E-state index in [9.17, 15) is 14.4 Å². The number of amides is 1. The van der Waals surface area contributed by atoms with Gasteiger partial charge in [0.1, 0.15) is 0 Å². The third-order valence-corrected chi connectivity index (χ3v) is 12.0. The van der Waals surface area contributed by atoms with Gasteiger partial charge in [-0.2, -0.15) is 10.5 Å². The van der Waals surface area contributed by atoms with Crippen LogP contribution in [-0.4, -0.2) is 48.6 Å². The summed E-state index contributed by atoms with van der Waals surface area (Å²) in [4.78, 5) is 46.9. The number of allylic oxidation sites excluding steroid dienone is 4. The van der Waals surface area contributed by atoms with E-state index in [1.807, 2.05) is 72.8 Å². The van der Waals surface area contributed by atoms with Crippen LogP contribution in [0.5, 0.6) is 0 Å². The Balaban J connectivity index is 0.000000202. The number of carbonyl (C=O) groups excluding carboxylic acids is 3. The molecule has 0 unspecified atom stereocenters. The molecule has 2 spiro atoms. The largest absolute Gasteiger partial charge is 0.339 e. The predicted octanol–water partition coefficient (Wildman–Crippen LogP) is 9.90. The number of nitriles is 2. The molecular weight excluding hydrogens is 780 g/mol. The van der Waals surface area contributed by atoms with Gasteiger partial charge < -0.3 is 10.2 Å². The summed E-state index contributed by atoms with van der Waals surface area (Å²) in [6.07, 6.45) is 12.2. The molecular formula is C51H41ClN6O3. The molecule has 4 fully saturated rings. The van der Waals surface area contributed by atoms with Crippen molar-refractivity contribution in [1.82, 2.24) is 10.2 Å². The van der Waals surface area contributed by atoms with Crippen LogP contribution >= 0.6 is 12.4 Å². The number of hydrogen-bond acceptors (Lipinski definition) is 6. The highest BCUT2D eigenvalue weighted by atomic mass is 35.5. The van der Waals surface area contributed by atoms with Gasteiger partial charge >= 0.3 is 0 Å². The van der Waals surface area contributed by atoms with E-state index in [-0.39, 0.29) is 35.3 Å². The van der Waals surface area contributed by atoms with Crippen molar-refractivity contribution < 1.29 is 14.4 Å². The summed E-state index contributed by atoms with van der Waals surface area (Å²) in [5.74, 6) is 0.0102. The molecule has 4 aromatic rings. The molecule has 2 heterocycles. The molecule has 2 aliphatic heterocycles. The molecule has 2 saturated heterocycles. The number of Topliss-reactive ketones (excluding diaryl/α,β-unsaturated/α-hetero) is 2. The summed E-state index contributed by atoms with van der Waals surface area (Å²) in [6, 6.07) is 33.3. The van der Waals surface area contributed by atoms with Crippen LogP contribution in [-0.2, 0) is 14.4 Å². The second-order valence-electron chi connectivity index (χ2n) is 15.2. The monoisotopic (exact) mass is 820 g/mol. The van der Waals surface area contributed by atoms with Gasteiger partial charge in [-0.1, -0.05) is 79.4 Å². The van der Waals surface area contributed by atoms with E-state index in [0.717, 1.165) is 70.5 Å². The highest BCUT2D eigenvalue weighted by Gasteiger charge is 2.55. The van der Waals surface area contributed by atoms with Crippen molar-refractivity contribution in [1.29, 1.82) is 10.5 Å². The predicted molar refractivity (Wildman–Crippen MR) is 240 cm³/mol. The number of halogens is 1. The number of hydrogen-bond donors (Lipinski definition) is 1. The fourth-order valence-corrected chi connectivity index (χ4v) is 8.57. The molecule has 4 aliphatic rings. The Kier molecular flexibility index (Phi) is 13.2. The third kappa shape index (κ3) is 8.67. The quantitative estimate of drug-likeness (QED) is 0.158. The lowest BCUT2D eigenvalue weighted by Crippen LogP contribution is -2.52. The van der Waals surface area contributed by atoms with Gasteiger partial charge in [0.2, 0.25) is 5.91 Å². The zero-order chi connectivity index (χ0) is 42.3. The Hall–Kier alpha value is -7.40. The van der Waals surface area contributed by atoms with Crippen molar-refractivity contribution in [3.05, 3.63) is 188 Å². The van der Waals surface area contributed by atoms with Crippen LogP contribution in [0.25, 0.3) is 34.0 Å². The van der Waals surface area contributed by atoms with Crippen molar-refractivity contribution in [2.45, 2.75) is 25.7 Å². The van der Waals surface area contributed by atoms with Gasteiger partial charge in [-0.15, -0.1) is 12.4 Å². The summed E-state index contributed by atoms with van der Waals surface area (Å²) in [5.41, 5.74) is 8.58. The fraction of sp³-hybridized carbons (Fsp3) is 0.196. The van der Waals surface area contributed by atoms with Gasteiger partial charge in [0.25, 0.3) is 0 Å². The normalized spacial score (nSPS) is 19.6. The summed E-state index contributed by atoms with van der Waals surface area (Å²) < 4.78 is 0. The highest BCUT2D eigenvalue weighted by Crippen LogP contribution is 2.57. The molecule has 2 saturated carbocycles. The second kappa shape index (κ2) is 18.7. The molecule has 0 radical (unpaired) electrons. The zero-order valence-electron chi connectivity index (χ0n) is 33.4. The molecule has 0 aromatic heterocycles. The maximum Gasteiger partial charge on any atom is 0.245 e. The van der Waals surface area contributed by atoms with E-state index in [2.05, 4.69) is 33.7 Å². The van der Waals surface area contributed by atoms with Crippen LogP contribution in [0, 0.1) is 46.6 Å². The fourth-order valence-electron chi connectivity index (χ4n) is 8.57. The van der Waals surface area contributed by atoms with Crippen LogP contribution in [0.2, 0.25) is 0 Å². The summed E-state index contributed by atoms with van der Waals surface area (Å²) >= 11 is 0. The van der Waals surface area contributed by atoms with Crippen molar-refractivity contribution >= 4 is 65.6 Å². The molecule has 1 amide bonds. The van der Waals surface area contributed by atoms with Crippen LogP contribution in [0.15, 0.2) is 132 Å². The third-order valence-electron chi connectivity index (χ3n) is 12.0. The van der Waals surface area contributed by atoms with Crippen molar-refractivity contribution in [2.75, 3.05) is 26.2 Å². The minimum Gasteiger partial charge on any atom is -0.339 e. The average molecular weight is 821 g/mol. The molecule has 1 N–H and O–H groups in total. The Bertz CT molecular complexity index is 2510. The molecule has 10 heteroatoms.